The Bertz CT molecular complexity index is 997. The first kappa shape index (κ1) is 14.4. The van der Waals surface area contributed by atoms with Gasteiger partial charge in [-0.2, -0.15) is 0 Å². The molecule has 4 aromatic rings. The topological polar surface area (TPSA) is 79.6 Å². The maximum absolute atomic E-state index is 5.29. The lowest BCUT2D eigenvalue weighted by atomic mass is 10.1. The number of aryl methyl sites for hydroxylation is 3. The number of hydrogen-bond acceptors (Lipinski definition) is 5. The van der Waals surface area contributed by atoms with Crippen molar-refractivity contribution in [1.29, 1.82) is 0 Å². The van der Waals surface area contributed by atoms with Gasteiger partial charge in [0.15, 0.2) is 0 Å². The van der Waals surface area contributed by atoms with Gasteiger partial charge in [0.1, 0.15) is 11.6 Å². The van der Waals surface area contributed by atoms with E-state index >= 15 is 0 Å². The van der Waals surface area contributed by atoms with Crippen molar-refractivity contribution in [1.82, 2.24) is 20.1 Å². The zero-order chi connectivity index (χ0) is 16.7. The van der Waals surface area contributed by atoms with E-state index in [-0.39, 0.29) is 0 Å². The van der Waals surface area contributed by atoms with Crippen LogP contribution in [0.2, 0.25) is 0 Å². The number of aromatic amines is 1. The smallest absolute Gasteiger partial charge is 0.143 e. The molecule has 2 N–H and O–H groups in total. The monoisotopic (exact) mass is 319 g/mol. The normalized spacial score (nSPS) is 11.1. The minimum absolute atomic E-state index is 0.759. The lowest BCUT2D eigenvalue weighted by molar-refractivity contribution is 0.393. The van der Waals surface area contributed by atoms with E-state index in [2.05, 4.69) is 26.5 Å². The molecule has 0 radical (unpaired) electrons. The van der Waals surface area contributed by atoms with Crippen molar-refractivity contribution < 1.29 is 4.52 Å². The van der Waals surface area contributed by atoms with Gasteiger partial charge in [-0.1, -0.05) is 5.16 Å². The summed E-state index contributed by atoms with van der Waals surface area (Å²) >= 11 is 0. The maximum Gasteiger partial charge on any atom is 0.143 e. The Labute approximate surface area is 138 Å². The average Bonchev–Trinajstić information content (AvgIpc) is 3.10. The van der Waals surface area contributed by atoms with Crippen LogP contribution >= 0.6 is 0 Å². The first-order chi connectivity index (χ1) is 11.6. The molecule has 4 aromatic heterocycles. The maximum atomic E-state index is 5.29. The number of nitrogens with zero attached hydrogens (tertiary/aromatic N) is 3. The summed E-state index contributed by atoms with van der Waals surface area (Å²) in [6.45, 7) is 5.85. The second kappa shape index (κ2) is 5.49. The van der Waals surface area contributed by atoms with Gasteiger partial charge < -0.3 is 14.8 Å². The SMILES string of the molecule is Cc1cc2c(Nc3cccnc3)nc(-c3c(C)noc3C)cc2[nH]1. The third kappa shape index (κ3) is 2.42. The van der Waals surface area contributed by atoms with E-state index in [4.69, 9.17) is 9.51 Å². The molecule has 24 heavy (non-hydrogen) atoms. The third-order valence-electron chi connectivity index (χ3n) is 3.97. The van der Waals surface area contributed by atoms with Crippen molar-refractivity contribution in [2.24, 2.45) is 0 Å². The van der Waals surface area contributed by atoms with Gasteiger partial charge in [-0.05, 0) is 45.0 Å². The number of anilines is 2. The lowest BCUT2D eigenvalue weighted by Gasteiger charge is -2.09. The molecule has 6 heteroatoms. The predicted molar refractivity (Wildman–Crippen MR) is 93.3 cm³/mol. The highest BCUT2D eigenvalue weighted by atomic mass is 16.5. The number of pyridine rings is 2. The molecule has 0 saturated carbocycles. The summed E-state index contributed by atoms with van der Waals surface area (Å²) in [4.78, 5) is 12.3. The number of rotatable bonds is 3. The van der Waals surface area contributed by atoms with Crippen molar-refractivity contribution in [2.45, 2.75) is 20.8 Å². The Morgan fingerprint density at radius 2 is 2.04 bits per heavy atom. The summed E-state index contributed by atoms with van der Waals surface area (Å²) in [5.74, 6) is 1.54. The fourth-order valence-electron chi connectivity index (χ4n) is 2.91. The van der Waals surface area contributed by atoms with E-state index in [1.54, 1.807) is 12.4 Å². The van der Waals surface area contributed by atoms with Crippen molar-refractivity contribution in [3.63, 3.8) is 0 Å². The fourth-order valence-corrected chi connectivity index (χ4v) is 2.91. The third-order valence-corrected chi connectivity index (χ3v) is 3.97. The molecule has 0 unspecified atom stereocenters. The molecule has 0 aliphatic heterocycles. The highest BCUT2D eigenvalue weighted by Crippen LogP contribution is 2.32. The van der Waals surface area contributed by atoms with E-state index in [0.717, 1.165) is 50.8 Å². The molecule has 0 atom stereocenters. The van der Waals surface area contributed by atoms with Crippen LogP contribution in [0.3, 0.4) is 0 Å². The number of H-pyrrole nitrogens is 1. The summed E-state index contributed by atoms with van der Waals surface area (Å²) < 4.78 is 5.29. The van der Waals surface area contributed by atoms with E-state index in [0.29, 0.717) is 0 Å². The molecule has 0 spiro atoms. The molecule has 0 bridgehead atoms. The van der Waals surface area contributed by atoms with Crippen LogP contribution in [0.4, 0.5) is 11.5 Å². The molecule has 4 heterocycles. The molecule has 0 amide bonds. The molecular formula is C18H17N5O. The first-order valence-electron chi connectivity index (χ1n) is 7.72. The van der Waals surface area contributed by atoms with Crippen LogP contribution in [0.5, 0.6) is 0 Å². The standard InChI is InChI=1S/C18H17N5O/c1-10-7-14-15(20-10)8-16(17-11(2)23-24-12(17)3)22-18(14)21-13-5-4-6-19-9-13/h4-9,20H,1-3H3,(H,21,22). The Hall–Kier alpha value is -3.15. The van der Waals surface area contributed by atoms with Crippen LogP contribution in [-0.2, 0) is 0 Å². The second-order valence-electron chi connectivity index (χ2n) is 5.84. The van der Waals surface area contributed by atoms with E-state index in [1.165, 1.54) is 0 Å². The Morgan fingerprint density at radius 3 is 2.75 bits per heavy atom. The van der Waals surface area contributed by atoms with Crippen LogP contribution in [0.15, 0.2) is 41.2 Å². The Balaban J connectivity index is 1.91. The van der Waals surface area contributed by atoms with E-state index in [9.17, 15) is 0 Å². The summed E-state index contributed by atoms with van der Waals surface area (Å²) in [6, 6.07) is 7.96. The van der Waals surface area contributed by atoms with E-state index < -0.39 is 0 Å². The zero-order valence-electron chi connectivity index (χ0n) is 13.7. The van der Waals surface area contributed by atoms with Gasteiger partial charge in [-0.15, -0.1) is 0 Å². The molecule has 120 valence electrons. The lowest BCUT2D eigenvalue weighted by Crippen LogP contribution is -1.97. The van der Waals surface area contributed by atoms with Gasteiger partial charge >= 0.3 is 0 Å². The summed E-state index contributed by atoms with van der Waals surface area (Å²) in [5.41, 5.74) is 5.57. The van der Waals surface area contributed by atoms with Crippen LogP contribution in [-0.4, -0.2) is 20.1 Å². The van der Waals surface area contributed by atoms with Crippen molar-refractivity contribution in [3.8, 4) is 11.3 Å². The van der Waals surface area contributed by atoms with Gasteiger partial charge in [0, 0.05) is 17.3 Å². The van der Waals surface area contributed by atoms with Crippen LogP contribution in [0.1, 0.15) is 17.1 Å². The average molecular weight is 319 g/mol. The first-order valence-corrected chi connectivity index (χ1v) is 7.72. The van der Waals surface area contributed by atoms with Gasteiger partial charge in [-0.25, -0.2) is 4.98 Å². The van der Waals surface area contributed by atoms with Crippen molar-refractivity contribution in [3.05, 3.63) is 53.8 Å². The molecule has 6 nitrogen and oxygen atoms in total. The van der Waals surface area contributed by atoms with Gasteiger partial charge in [-0.3, -0.25) is 4.98 Å². The van der Waals surface area contributed by atoms with Crippen molar-refractivity contribution in [2.75, 3.05) is 5.32 Å². The number of hydrogen-bond donors (Lipinski definition) is 2. The minimum Gasteiger partial charge on any atom is -0.361 e. The van der Waals surface area contributed by atoms with E-state index in [1.807, 2.05) is 39.0 Å². The highest BCUT2D eigenvalue weighted by Gasteiger charge is 2.16. The highest BCUT2D eigenvalue weighted by molar-refractivity contribution is 5.94. The summed E-state index contributed by atoms with van der Waals surface area (Å²) in [6.07, 6.45) is 3.52. The predicted octanol–water partition coefficient (Wildman–Crippen LogP) is 4.28. The minimum atomic E-state index is 0.759. The van der Waals surface area contributed by atoms with Crippen LogP contribution in [0, 0.1) is 20.8 Å². The summed E-state index contributed by atoms with van der Waals surface area (Å²) in [7, 11) is 0. The number of fused-ring (bicyclic) bond motifs is 1. The van der Waals surface area contributed by atoms with Gasteiger partial charge in [0.25, 0.3) is 0 Å². The van der Waals surface area contributed by atoms with Gasteiger partial charge in [0.05, 0.1) is 34.4 Å². The molecule has 0 aromatic carbocycles. The fraction of sp³-hybridized carbons (Fsp3) is 0.167. The van der Waals surface area contributed by atoms with Crippen molar-refractivity contribution >= 4 is 22.4 Å². The Kier molecular flexibility index (Phi) is 3.30. The van der Waals surface area contributed by atoms with Crippen LogP contribution < -0.4 is 5.32 Å². The largest absolute Gasteiger partial charge is 0.361 e. The summed E-state index contributed by atoms with van der Waals surface area (Å²) in [5, 5.41) is 8.43. The molecule has 4 rings (SSSR count). The number of aromatic nitrogens is 4. The van der Waals surface area contributed by atoms with Crippen LogP contribution in [0.25, 0.3) is 22.2 Å². The second-order valence-corrected chi connectivity index (χ2v) is 5.84. The molecule has 0 aliphatic rings. The van der Waals surface area contributed by atoms with Gasteiger partial charge in [0.2, 0.25) is 0 Å². The molecule has 0 saturated heterocycles. The quantitative estimate of drug-likeness (QED) is 0.589. The number of nitrogens with one attached hydrogen (secondary N) is 2. The molecular weight excluding hydrogens is 302 g/mol. The Morgan fingerprint density at radius 1 is 1.17 bits per heavy atom. The molecule has 0 aliphatic carbocycles. The molecule has 0 fully saturated rings. The zero-order valence-corrected chi connectivity index (χ0v) is 13.7.